The number of halogens is 1. The van der Waals surface area contributed by atoms with Gasteiger partial charge in [0.05, 0.1) is 0 Å². The Labute approximate surface area is 156 Å². The maximum atomic E-state index is 6.01. The van der Waals surface area contributed by atoms with Gasteiger partial charge in [0.15, 0.2) is 0 Å². The Bertz CT molecular complexity index is 1220. The fourth-order valence-electron chi connectivity index (χ4n) is 3.50. The van der Waals surface area contributed by atoms with Crippen LogP contribution in [0.5, 0.6) is 0 Å². The Kier molecular flexibility index (Phi) is 3.55. The van der Waals surface area contributed by atoms with E-state index in [0.29, 0.717) is 0 Å². The summed E-state index contributed by atoms with van der Waals surface area (Å²) in [7, 11) is 0. The highest BCUT2D eigenvalue weighted by Gasteiger charge is 2.11. The molecule has 1 nitrogen and oxygen atoms in total. The molecule has 0 aliphatic heterocycles. The second-order valence-electron chi connectivity index (χ2n) is 6.36. The van der Waals surface area contributed by atoms with Crippen LogP contribution in [-0.4, -0.2) is 0 Å². The van der Waals surface area contributed by atoms with E-state index in [1.165, 1.54) is 22.1 Å². The van der Waals surface area contributed by atoms with Gasteiger partial charge in [-0.15, -0.1) is 0 Å². The van der Waals surface area contributed by atoms with Crippen LogP contribution in [0, 0.1) is 0 Å². The lowest BCUT2D eigenvalue weighted by Crippen LogP contribution is -1.81. The van der Waals surface area contributed by atoms with Gasteiger partial charge in [0.2, 0.25) is 0 Å². The van der Waals surface area contributed by atoms with E-state index in [1.54, 1.807) is 0 Å². The largest absolute Gasteiger partial charge is 0.456 e. The lowest BCUT2D eigenvalue weighted by molar-refractivity contribution is 0.669. The van der Waals surface area contributed by atoms with Crippen LogP contribution >= 0.6 is 11.6 Å². The SMILES string of the molecule is Clc1ccc(-c2ccc(-c3cccc4oc5ccccc5c34)cc2)cc1. The first-order valence-electron chi connectivity index (χ1n) is 8.56. The molecular weight excluding hydrogens is 340 g/mol. The van der Waals surface area contributed by atoms with E-state index in [0.717, 1.165) is 27.1 Å². The van der Waals surface area contributed by atoms with Crippen molar-refractivity contribution >= 4 is 33.5 Å². The van der Waals surface area contributed by atoms with Crippen molar-refractivity contribution < 1.29 is 4.42 Å². The fourth-order valence-corrected chi connectivity index (χ4v) is 3.63. The highest BCUT2D eigenvalue weighted by Crippen LogP contribution is 2.37. The van der Waals surface area contributed by atoms with E-state index in [1.807, 2.05) is 48.5 Å². The second kappa shape index (κ2) is 6.05. The molecule has 0 aliphatic carbocycles. The van der Waals surface area contributed by atoms with Crippen LogP contribution in [0.3, 0.4) is 0 Å². The molecule has 0 N–H and O–H groups in total. The quantitative estimate of drug-likeness (QED) is 0.318. The summed E-state index contributed by atoms with van der Waals surface area (Å²) in [5, 5.41) is 3.08. The molecule has 0 atom stereocenters. The molecular formula is C24H15ClO. The zero-order chi connectivity index (χ0) is 17.5. The van der Waals surface area contributed by atoms with Crippen LogP contribution in [-0.2, 0) is 0 Å². The molecule has 0 spiro atoms. The molecule has 0 radical (unpaired) electrons. The van der Waals surface area contributed by atoms with Crippen molar-refractivity contribution in [1.82, 2.24) is 0 Å². The molecule has 26 heavy (non-hydrogen) atoms. The molecule has 0 unspecified atom stereocenters. The minimum Gasteiger partial charge on any atom is -0.456 e. The minimum atomic E-state index is 0.754. The summed E-state index contributed by atoms with van der Waals surface area (Å²) in [4.78, 5) is 0. The van der Waals surface area contributed by atoms with Gasteiger partial charge >= 0.3 is 0 Å². The molecule has 1 aromatic heterocycles. The first-order valence-corrected chi connectivity index (χ1v) is 8.94. The van der Waals surface area contributed by atoms with Crippen LogP contribution in [0.1, 0.15) is 0 Å². The number of hydrogen-bond donors (Lipinski definition) is 0. The van der Waals surface area contributed by atoms with Crippen molar-refractivity contribution in [2.45, 2.75) is 0 Å². The number of fused-ring (bicyclic) bond motifs is 3. The zero-order valence-corrected chi connectivity index (χ0v) is 14.7. The zero-order valence-electron chi connectivity index (χ0n) is 13.9. The van der Waals surface area contributed by atoms with Gasteiger partial charge in [-0.05, 0) is 46.5 Å². The molecule has 0 aliphatic rings. The fraction of sp³-hybridized carbons (Fsp3) is 0. The average Bonchev–Trinajstić information content (AvgIpc) is 3.07. The number of furan rings is 1. The molecule has 0 bridgehead atoms. The van der Waals surface area contributed by atoms with Crippen LogP contribution in [0.2, 0.25) is 5.02 Å². The molecule has 5 rings (SSSR count). The van der Waals surface area contributed by atoms with Crippen LogP contribution < -0.4 is 0 Å². The number of rotatable bonds is 2. The van der Waals surface area contributed by atoms with E-state index in [4.69, 9.17) is 16.0 Å². The summed E-state index contributed by atoms with van der Waals surface area (Å²) in [6, 6.07) is 31.0. The third-order valence-electron chi connectivity index (χ3n) is 4.78. The van der Waals surface area contributed by atoms with Crippen molar-refractivity contribution in [1.29, 1.82) is 0 Å². The standard InChI is InChI=1S/C24H15ClO/c25-19-14-12-17(13-15-19)16-8-10-18(11-9-16)20-5-3-7-23-24(20)21-4-1-2-6-22(21)26-23/h1-15H. The molecule has 0 saturated carbocycles. The Hall–Kier alpha value is -3.03. The van der Waals surface area contributed by atoms with E-state index in [-0.39, 0.29) is 0 Å². The lowest BCUT2D eigenvalue weighted by Gasteiger charge is -2.07. The van der Waals surface area contributed by atoms with E-state index < -0.39 is 0 Å². The summed E-state index contributed by atoms with van der Waals surface area (Å²) < 4.78 is 6.01. The van der Waals surface area contributed by atoms with Gasteiger partial charge in [-0.3, -0.25) is 0 Å². The molecule has 1 heterocycles. The van der Waals surface area contributed by atoms with Gasteiger partial charge in [-0.2, -0.15) is 0 Å². The minimum absolute atomic E-state index is 0.754. The molecule has 0 amide bonds. The number of benzene rings is 4. The lowest BCUT2D eigenvalue weighted by atomic mass is 9.97. The predicted octanol–water partition coefficient (Wildman–Crippen LogP) is 7.57. The molecule has 0 saturated heterocycles. The summed E-state index contributed by atoms with van der Waals surface area (Å²) in [6.07, 6.45) is 0. The predicted molar refractivity (Wildman–Crippen MR) is 110 cm³/mol. The molecule has 2 heteroatoms. The van der Waals surface area contributed by atoms with Crippen LogP contribution in [0.15, 0.2) is 95.4 Å². The van der Waals surface area contributed by atoms with Crippen LogP contribution in [0.25, 0.3) is 44.2 Å². The van der Waals surface area contributed by atoms with Crippen LogP contribution in [0.4, 0.5) is 0 Å². The third kappa shape index (κ3) is 2.49. The van der Waals surface area contributed by atoms with Crippen molar-refractivity contribution in [2.24, 2.45) is 0 Å². The summed E-state index contributed by atoms with van der Waals surface area (Å²) >= 11 is 5.99. The molecule has 0 fully saturated rings. The second-order valence-corrected chi connectivity index (χ2v) is 6.80. The third-order valence-corrected chi connectivity index (χ3v) is 5.03. The molecule has 4 aromatic carbocycles. The summed E-state index contributed by atoms with van der Waals surface area (Å²) in [5.41, 5.74) is 6.55. The smallest absolute Gasteiger partial charge is 0.136 e. The average molecular weight is 355 g/mol. The Morgan fingerprint density at radius 3 is 1.92 bits per heavy atom. The van der Waals surface area contributed by atoms with Crippen molar-refractivity contribution in [3.8, 4) is 22.3 Å². The van der Waals surface area contributed by atoms with Gasteiger partial charge < -0.3 is 4.42 Å². The summed E-state index contributed by atoms with van der Waals surface area (Å²) in [6.45, 7) is 0. The Balaban J connectivity index is 1.65. The van der Waals surface area contributed by atoms with Gasteiger partial charge in [-0.25, -0.2) is 0 Å². The maximum Gasteiger partial charge on any atom is 0.136 e. The van der Waals surface area contributed by atoms with Gasteiger partial charge in [0, 0.05) is 15.8 Å². The number of para-hydroxylation sites is 1. The Morgan fingerprint density at radius 1 is 0.538 bits per heavy atom. The van der Waals surface area contributed by atoms with Crippen molar-refractivity contribution in [3.05, 3.63) is 96.0 Å². The van der Waals surface area contributed by atoms with Crippen molar-refractivity contribution in [3.63, 3.8) is 0 Å². The van der Waals surface area contributed by atoms with Crippen molar-refractivity contribution in [2.75, 3.05) is 0 Å². The number of hydrogen-bond acceptors (Lipinski definition) is 1. The topological polar surface area (TPSA) is 13.1 Å². The van der Waals surface area contributed by atoms with E-state index in [9.17, 15) is 0 Å². The highest BCUT2D eigenvalue weighted by atomic mass is 35.5. The molecule has 124 valence electrons. The van der Waals surface area contributed by atoms with E-state index in [2.05, 4.69) is 42.5 Å². The monoisotopic (exact) mass is 354 g/mol. The molecule has 5 aromatic rings. The Morgan fingerprint density at radius 2 is 1.15 bits per heavy atom. The first kappa shape index (κ1) is 15.2. The summed E-state index contributed by atoms with van der Waals surface area (Å²) in [5.74, 6) is 0. The first-order chi connectivity index (χ1) is 12.8. The van der Waals surface area contributed by atoms with Gasteiger partial charge in [-0.1, -0.05) is 78.3 Å². The highest BCUT2D eigenvalue weighted by molar-refractivity contribution is 6.30. The van der Waals surface area contributed by atoms with E-state index >= 15 is 0 Å². The maximum absolute atomic E-state index is 6.01. The normalized spacial score (nSPS) is 11.3. The van der Waals surface area contributed by atoms with Gasteiger partial charge in [0.25, 0.3) is 0 Å². The van der Waals surface area contributed by atoms with Gasteiger partial charge in [0.1, 0.15) is 11.2 Å².